The summed E-state index contributed by atoms with van der Waals surface area (Å²) < 4.78 is 29.1. The predicted molar refractivity (Wildman–Crippen MR) is 92.1 cm³/mol. The van der Waals surface area contributed by atoms with E-state index in [9.17, 15) is 13.2 Å². The monoisotopic (exact) mass is 365 g/mol. The summed E-state index contributed by atoms with van der Waals surface area (Å²) in [5.41, 5.74) is 0. The van der Waals surface area contributed by atoms with Gasteiger partial charge >= 0.3 is 6.03 Å². The molecule has 0 saturated carbocycles. The number of ether oxygens (including phenoxy) is 1. The Morgan fingerprint density at radius 1 is 1.20 bits per heavy atom. The zero-order chi connectivity index (χ0) is 17.4. The van der Waals surface area contributed by atoms with Crippen molar-refractivity contribution in [2.24, 2.45) is 0 Å². The molecule has 3 atom stereocenters. The van der Waals surface area contributed by atoms with Crippen LogP contribution in [0.4, 0.5) is 4.79 Å². The van der Waals surface area contributed by atoms with Crippen LogP contribution in [0, 0.1) is 0 Å². The Bertz CT molecular complexity index is 726. The van der Waals surface area contributed by atoms with Gasteiger partial charge in [0.15, 0.2) is 9.84 Å². The first-order valence-electron chi connectivity index (χ1n) is 8.87. The van der Waals surface area contributed by atoms with Crippen LogP contribution in [0.25, 0.3) is 0 Å². The lowest BCUT2D eigenvalue weighted by Crippen LogP contribution is -2.54. The second-order valence-electron chi connectivity index (χ2n) is 7.22. The highest BCUT2D eigenvalue weighted by atomic mass is 32.2. The van der Waals surface area contributed by atoms with Crippen LogP contribution in [0.5, 0.6) is 5.88 Å². The van der Waals surface area contributed by atoms with Gasteiger partial charge < -0.3 is 15.0 Å². The molecule has 0 aliphatic carbocycles. The maximum Gasteiger partial charge on any atom is 0.318 e. The summed E-state index contributed by atoms with van der Waals surface area (Å²) in [6, 6.07) is 5.55. The number of amides is 2. The van der Waals surface area contributed by atoms with Crippen molar-refractivity contribution in [3.8, 4) is 5.88 Å². The minimum atomic E-state index is -2.99. The molecule has 8 heteroatoms. The molecular weight excluding hydrogens is 342 g/mol. The van der Waals surface area contributed by atoms with Crippen molar-refractivity contribution in [2.75, 3.05) is 11.5 Å². The molecule has 3 fully saturated rings. The second-order valence-corrected chi connectivity index (χ2v) is 9.45. The highest BCUT2D eigenvalue weighted by Gasteiger charge is 2.45. The Morgan fingerprint density at radius 3 is 2.56 bits per heavy atom. The SMILES string of the molecule is O=C(NC1CCS(=O)(=O)C1)N1C2CCC1CC(Oc1ccccn1)C2. The number of hydrogen-bond donors (Lipinski definition) is 1. The van der Waals surface area contributed by atoms with Crippen molar-refractivity contribution in [3.05, 3.63) is 24.4 Å². The van der Waals surface area contributed by atoms with Crippen molar-refractivity contribution < 1.29 is 17.9 Å². The van der Waals surface area contributed by atoms with Gasteiger partial charge in [-0.25, -0.2) is 18.2 Å². The first-order valence-corrected chi connectivity index (χ1v) is 10.7. The summed E-state index contributed by atoms with van der Waals surface area (Å²) >= 11 is 0. The molecule has 3 unspecified atom stereocenters. The van der Waals surface area contributed by atoms with Crippen LogP contribution >= 0.6 is 0 Å². The van der Waals surface area contributed by atoms with Gasteiger partial charge in [0, 0.05) is 43.2 Å². The van der Waals surface area contributed by atoms with Crippen molar-refractivity contribution >= 4 is 15.9 Å². The van der Waals surface area contributed by atoms with E-state index >= 15 is 0 Å². The van der Waals surface area contributed by atoms with Crippen LogP contribution in [0.3, 0.4) is 0 Å². The molecule has 4 heterocycles. The third-order valence-electron chi connectivity index (χ3n) is 5.41. The van der Waals surface area contributed by atoms with Gasteiger partial charge in [-0.05, 0) is 25.3 Å². The fraction of sp³-hybridized carbons (Fsp3) is 0.647. The Kier molecular flexibility index (Phi) is 4.31. The van der Waals surface area contributed by atoms with Crippen LogP contribution in [-0.4, -0.2) is 60.1 Å². The smallest absolute Gasteiger partial charge is 0.318 e. The van der Waals surface area contributed by atoms with Crippen molar-refractivity contribution in [3.63, 3.8) is 0 Å². The molecule has 1 aromatic heterocycles. The van der Waals surface area contributed by atoms with E-state index < -0.39 is 9.84 Å². The lowest BCUT2D eigenvalue weighted by atomic mass is 10.00. The summed E-state index contributed by atoms with van der Waals surface area (Å²) in [4.78, 5) is 18.8. The highest BCUT2D eigenvalue weighted by Crippen LogP contribution is 2.37. The maximum absolute atomic E-state index is 12.7. The van der Waals surface area contributed by atoms with Crippen LogP contribution in [0.15, 0.2) is 24.4 Å². The van der Waals surface area contributed by atoms with Crippen molar-refractivity contribution in [1.29, 1.82) is 0 Å². The average Bonchev–Trinajstić information content (AvgIpc) is 3.05. The topological polar surface area (TPSA) is 88.6 Å². The van der Waals surface area contributed by atoms with E-state index in [-0.39, 0.29) is 41.8 Å². The molecule has 7 nitrogen and oxygen atoms in total. The molecule has 3 saturated heterocycles. The van der Waals surface area contributed by atoms with Gasteiger partial charge in [-0.2, -0.15) is 0 Å². The third-order valence-corrected chi connectivity index (χ3v) is 7.18. The molecule has 3 aliphatic heterocycles. The number of nitrogens with zero attached hydrogens (tertiary/aromatic N) is 2. The quantitative estimate of drug-likeness (QED) is 0.873. The zero-order valence-corrected chi connectivity index (χ0v) is 14.8. The number of aromatic nitrogens is 1. The van der Waals surface area contributed by atoms with Gasteiger partial charge in [-0.3, -0.25) is 0 Å². The first kappa shape index (κ1) is 16.6. The van der Waals surface area contributed by atoms with Crippen LogP contribution in [-0.2, 0) is 9.84 Å². The van der Waals surface area contributed by atoms with Gasteiger partial charge in [-0.1, -0.05) is 6.07 Å². The number of piperidine rings is 1. The molecule has 1 N–H and O–H groups in total. The van der Waals surface area contributed by atoms with Crippen molar-refractivity contribution in [2.45, 2.75) is 56.3 Å². The molecule has 136 valence electrons. The second kappa shape index (κ2) is 6.48. The van der Waals surface area contributed by atoms with E-state index in [1.54, 1.807) is 6.20 Å². The highest BCUT2D eigenvalue weighted by molar-refractivity contribution is 7.91. The largest absolute Gasteiger partial charge is 0.474 e. The fourth-order valence-electron chi connectivity index (χ4n) is 4.30. The van der Waals surface area contributed by atoms with E-state index in [4.69, 9.17) is 4.74 Å². The standard InChI is InChI=1S/C17H23N3O4S/c21-17(19-12-6-8-25(22,23)11-12)20-13-4-5-14(20)10-15(9-13)24-16-3-1-2-7-18-16/h1-3,7,12-15H,4-6,8-11H2,(H,19,21). The lowest BCUT2D eigenvalue weighted by Gasteiger charge is -2.39. The molecule has 2 amide bonds. The number of hydrogen-bond acceptors (Lipinski definition) is 5. The number of carbonyl (C=O) groups is 1. The van der Waals surface area contributed by atoms with Gasteiger partial charge in [0.2, 0.25) is 5.88 Å². The zero-order valence-electron chi connectivity index (χ0n) is 14.0. The number of pyridine rings is 1. The van der Waals surface area contributed by atoms with Gasteiger partial charge in [0.1, 0.15) is 6.10 Å². The van der Waals surface area contributed by atoms with Crippen LogP contribution in [0.1, 0.15) is 32.1 Å². The Labute approximate surface area is 147 Å². The molecule has 0 spiro atoms. The molecule has 4 rings (SSSR count). The summed E-state index contributed by atoms with van der Waals surface area (Å²) in [5.74, 6) is 0.860. The minimum Gasteiger partial charge on any atom is -0.474 e. The van der Waals surface area contributed by atoms with E-state index in [1.165, 1.54) is 0 Å². The number of carbonyl (C=O) groups excluding carboxylic acids is 1. The molecule has 1 aromatic rings. The van der Waals surface area contributed by atoms with E-state index in [1.807, 2.05) is 23.1 Å². The number of fused-ring (bicyclic) bond motifs is 2. The van der Waals surface area contributed by atoms with Crippen molar-refractivity contribution in [1.82, 2.24) is 15.2 Å². The normalized spacial score (nSPS) is 33.2. The Balaban J connectivity index is 1.36. The first-order chi connectivity index (χ1) is 12.0. The molecule has 3 aliphatic rings. The molecule has 0 aromatic carbocycles. The third kappa shape index (κ3) is 3.58. The van der Waals surface area contributed by atoms with Crippen LogP contribution in [0.2, 0.25) is 0 Å². The number of rotatable bonds is 3. The van der Waals surface area contributed by atoms with E-state index in [0.29, 0.717) is 12.3 Å². The Hall–Kier alpha value is -1.83. The number of sulfone groups is 1. The van der Waals surface area contributed by atoms with E-state index in [2.05, 4.69) is 10.3 Å². The fourth-order valence-corrected chi connectivity index (χ4v) is 5.97. The summed E-state index contributed by atoms with van der Waals surface area (Å²) in [6.45, 7) is 0. The van der Waals surface area contributed by atoms with Gasteiger partial charge in [0.25, 0.3) is 0 Å². The predicted octanol–water partition coefficient (Wildman–Crippen LogP) is 1.35. The average molecular weight is 365 g/mol. The minimum absolute atomic E-state index is 0.0628. The Morgan fingerprint density at radius 2 is 1.96 bits per heavy atom. The number of urea groups is 1. The summed E-state index contributed by atoms with van der Waals surface area (Å²) in [6.07, 6.45) is 5.84. The maximum atomic E-state index is 12.7. The van der Waals surface area contributed by atoms with Gasteiger partial charge in [-0.15, -0.1) is 0 Å². The number of nitrogens with one attached hydrogen (secondary N) is 1. The molecular formula is C17H23N3O4S. The van der Waals surface area contributed by atoms with Crippen LogP contribution < -0.4 is 10.1 Å². The lowest BCUT2D eigenvalue weighted by molar-refractivity contribution is 0.0654. The van der Waals surface area contributed by atoms with Gasteiger partial charge in [0.05, 0.1) is 11.5 Å². The molecule has 0 radical (unpaired) electrons. The van der Waals surface area contributed by atoms with E-state index in [0.717, 1.165) is 25.7 Å². The molecule has 2 bridgehead atoms. The summed E-state index contributed by atoms with van der Waals surface area (Å²) in [7, 11) is -2.99. The summed E-state index contributed by atoms with van der Waals surface area (Å²) in [5, 5.41) is 2.92. The molecule has 25 heavy (non-hydrogen) atoms.